The largest absolute Gasteiger partial charge is 0.399 e. The third-order valence-electron chi connectivity index (χ3n) is 7.80. The second kappa shape index (κ2) is 11.5. The summed E-state index contributed by atoms with van der Waals surface area (Å²) in [5, 5.41) is 0.897. The molecule has 6 rings (SSSR count). The average molecular weight is 572 g/mol. The highest BCUT2D eigenvalue weighted by Gasteiger charge is 2.26. The zero-order valence-electron chi connectivity index (χ0n) is 22.7. The number of ether oxygens (including phenoxy) is 1. The number of para-hydroxylation sites is 1. The Bertz CT molecular complexity index is 1660. The van der Waals surface area contributed by atoms with Crippen molar-refractivity contribution in [3.8, 4) is 11.1 Å². The Morgan fingerprint density at radius 3 is 2.51 bits per heavy atom. The number of hydrogen-bond acceptors (Lipinski definition) is 7. The molecule has 1 aromatic heterocycles. The maximum absolute atomic E-state index is 13.6. The lowest BCUT2D eigenvalue weighted by Crippen LogP contribution is -2.49. The van der Waals surface area contributed by atoms with Gasteiger partial charge in [-0.15, -0.1) is 0 Å². The molecule has 0 saturated carbocycles. The maximum Gasteiger partial charge on any atom is 0.262 e. The fourth-order valence-electron chi connectivity index (χ4n) is 5.61. The van der Waals surface area contributed by atoms with Crippen LogP contribution in [0.3, 0.4) is 0 Å². The number of carbonyl (C=O) groups excluding carboxylic acids is 1. The average Bonchev–Trinajstić information content (AvgIpc) is 3.50. The van der Waals surface area contributed by atoms with Gasteiger partial charge in [-0.2, -0.15) is 0 Å². The number of carbonyl (C=O) groups is 1. The molecule has 0 bridgehead atoms. The summed E-state index contributed by atoms with van der Waals surface area (Å²) in [6, 6.07) is 20.7. The predicted molar refractivity (Wildman–Crippen MR) is 160 cm³/mol. The van der Waals surface area contributed by atoms with E-state index in [9.17, 15) is 13.2 Å². The number of amides is 1. The lowest BCUT2D eigenvalue weighted by Gasteiger charge is -2.35. The third-order valence-corrected chi connectivity index (χ3v) is 9.24. The van der Waals surface area contributed by atoms with Crippen LogP contribution in [0, 0.1) is 5.92 Å². The van der Waals surface area contributed by atoms with Crippen LogP contribution in [0.15, 0.2) is 83.9 Å². The highest BCUT2D eigenvalue weighted by Crippen LogP contribution is 2.34. The number of sulfonamides is 1. The van der Waals surface area contributed by atoms with Crippen LogP contribution >= 0.6 is 0 Å². The zero-order valence-corrected chi connectivity index (χ0v) is 23.5. The molecule has 0 spiro atoms. The van der Waals surface area contributed by atoms with Crippen molar-refractivity contribution in [1.29, 1.82) is 0 Å². The van der Waals surface area contributed by atoms with Crippen molar-refractivity contribution in [2.45, 2.75) is 11.3 Å². The molecule has 0 aliphatic carbocycles. The van der Waals surface area contributed by atoms with Crippen LogP contribution in [-0.2, 0) is 14.8 Å². The monoisotopic (exact) mass is 571 g/mol. The molecule has 41 heavy (non-hydrogen) atoms. The predicted octanol–water partition coefficient (Wildman–Crippen LogP) is 4.08. The summed E-state index contributed by atoms with van der Waals surface area (Å²) in [5.41, 5.74) is 9.25. The molecule has 10 heteroatoms. The Labute approximate surface area is 240 Å². The van der Waals surface area contributed by atoms with E-state index in [0.717, 1.165) is 44.7 Å². The Kier molecular flexibility index (Phi) is 7.61. The number of fused-ring (bicyclic) bond motifs is 1. The number of nitrogens with two attached hydrogens (primary N) is 1. The number of pyridine rings is 1. The molecule has 4 aromatic rings. The quantitative estimate of drug-likeness (QED) is 0.321. The number of nitrogen functional groups attached to an aromatic ring is 1. The molecule has 2 fully saturated rings. The zero-order chi connectivity index (χ0) is 28.4. The van der Waals surface area contributed by atoms with E-state index in [1.54, 1.807) is 42.6 Å². The first-order chi connectivity index (χ1) is 19.9. The molecule has 3 heterocycles. The number of rotatable bonds is 7. The number of benzene rings is 3. The van der Waals surface area contributed by atoms with Gasteiger partial charge in [0.1, 0.15) is 0 Å². The van der Waals surface area contributed by atoms with Gasteiger partial charge in [-0.25, -0.2) is 8.42 Å². The molecular formula is C31H33N5O4S. The van der Waals surface area contributed by atoms with Crippen molar-refractivity contribution in [3.63, 3.8) is 0 Å². The van der Waals surface area contributed by atoms with E-state index in [1.807, 2.05) is 35.2 Å². The van der Waals surface area contributed by atoms with Gasteiger partial charge in [0.05, 0.1) is 17.0 Å². The van der Waals surface area contributed by atoms with Gasteiger partial charge in [0.25, 0.3) is 15.9 Å². The van der Waals surface area contributed by atoms with Crippen LogP contribution in [-0.4, -0.2) is 75.0 Å². The Morgan fingerprint density at radius 1 is 0.976 bits per heavy atom. The van der Waals surface area contributed by atoms with Gasteiger partial charge in [-0.05, 0) is 60.9 Å². The summed E-state index contributed by atoms with van der Waals surface area (Å²) in [7, 11) is -3.99. The van der Waals surface area contributed by atoms with Crippen LogP contribution < -0.4 is 10.5 Å². The number of nitrogens with zero attached hydrogens (tertiary/aromatic N) is 3. The van der Waals surface area contributed by atoms with Crippen molar-refractivity contribution in [2.75, 3.05) is 56.4 Å². The molecular weight excluding hydrogens is 538 g/mol. The van der Waals surface area contributed by atoms with Gasteiger partial charge < -0.3 is 15.4 Å². The minimum absolute atomic E-state index is 0.0486. The minimum Gasteiger partial charge on any atom is -0.399 e. The summed E-state index contributed by atoms with van der Waals surface area (Å²) < 4.78 is 35.4. The first-order valence-corrected chi connectivity index (χ1v) is 15.3. The molecule has 1 amide bonds. The van der Waals surface area contributed by atoms with Crippen LogP contribution in [0.2, 0.25) is 0 Å². The van der Waals surface area contributed by atoms with Crippen molar-refractivity contribution in [2.24, 2.45) is 5.92 Å². The molecule has 0 unspecified atom stereocenters. The van der Waals surface area contributed by atoms with Crippen LogP contribution in [0.4, 0.5) is 11.4 Å². The van der Waals surface area contributed by atoms with Gasteiger partial charge in [0, 0.05) is 79.0 Å². The van der Waals surface area contributed by atoms with E-state index in [-0.39, 0.29) is 10.8 Å². The Balaban J connectivity index is 1.17. The van der Waals surface area contributed by atoms with E-state index in [0.29, 0.717) is 52.6 Å². The van der Waals surface area contributed by atoms with Crippen LogP contribution in [0.5, 0.6) is 0 Å². The van der Waals surface area contributed by atoms with Gasteiger partial charge in [0.15, 0.2) is 0 Å². The molecule has 212 valence electrons. The Hall–Kier alpha value is -3.99. The molecule has 2 aliphatic rings. The second-order valence-electron chi connectivity index (χ2n) is 10.6. The van der Waals surface area contributed by atoms with Gasteiger partial charge in [0.2, 0.25) is 0 Å². The topological polar surface area (TPSA) is 118 Å². The first-order valence-electron chi connectivity index (χ1n) is 13.8. The smallest absolute Gasteiger partial charge is 0.262 e. The van der Waals surface area contributed by atoms with Gasteiger partial charge >= 0.3 is 0 Å². The number of aromatic nitrogens is 1. The summed E-state index contributed by atoms with van der Waals surface area (Å²) in [6.07, 6.45) is 2.79. The SMILES string of the molecule is Nc1ccc(S(=O)(=O)Nc2ccc(C(=O)N3CCN(C[C@@H]4CCOC4)CC3)cc2)c(-c2cccc3cccnc23)c1. The van der Waals surface area contributed by atoms with Crippen molar-refractivity contribution in [3.05, 3.63) is 84.6 Å². The molecule has 1 atom stereocenters. The second-order valence-corrected chi connectivity index (χ2v) is 12.3. The lowest BCUT2D eigenvalue weighted by atomic mass is 10.0. The molecule has 2 saturated heterocycles. The normalized spacial score (nSPS) is 18.0. The van der Waals surface area contributed by atoms with Crippen LogP contribution in [0.1, 0.15) is 16.8 Å². The highest BCUT2D eigenvalue weighted by atomic mass is 32.2. The van der Waals surface area contributed by atoms with Crippen molar-refractivity contribution in [1.82, 2.24) is 14.8 Å². The molecule has 2 aliphatic heterocycles. The molecule has 3 N–H and O–H groups in total. The number of nitrogens with one attached hydrogen (secondary N) is 1. The number of anilines is 2. The summed E-state index contributed by atoms with van der Waals surface area (Å²) in [5.74, 6) is 0.536. The van der Waals surface area contributed by atoms with Gasteiger partial charge in [-0.1, -0.05) is 24.3 Å². The van der Waals surface area contributed by atoms with E-state index >= 15 is 0 Å². The van der Waals surface area contributed by atoms with Gasteiger partial charge in [-0.3, -0.25) is 19.4 Å². The fraction of sp³-hybridized carbons (Fsp3) is 0.290. The van der Waals surface area contributed by atoms with Crippen molar-refractivity contribution < 1.29 is 17.9 Å². The minimum atomic E-state index is -3.99. The lowest BCUT2D eigenvalue weighted by molar-refractivity contribution is 0.0611. The first kappa shape index (κ1) is 27.2. The summed E-state index contributed by atoms with van der Waals surface area (Å²) in [6.45, 7) is 5.72. The third kappa shape index (κ3) is 5.90. The molecule has 3 aromatic carbocycles. The van der Waals surface area contributed by atoms with E-state index in [1.165, 1.54) is 6.07 Å². The maximum atomic E-state index is 13.6. The fourth-order valence-corrected chi connectivity index (χ4v) is 6.88. The van der Waals surface area contributed by atoms with Crippen LogP contribution in [0.25, 0.3) is 22.0 Å². The van der Waals surface area contributed by atoms with E-state index < -0.39 is 10.0 Å². The van der Waals surface area contributed by atoms with E-state index in [2.05, 4.69) is 14.6 Å². The van der Waals surface area contributed by atoms with E-state index in [4.69, 9.17) is 10.5 Å². The van der Waals surface area contributed by atoms with Crippen molar-refractivity contribution >= 4 is 38.2 Å². The molecule has 0 radical (unpaired) electrons. The Morgan fingerprint density at radius 2 is 1.76 bits per heavy atom. The standard InChI is InChI=1S/C31H33N5O4S/c32-25-8-11-29(28(19-25)27-5-1-3-23-4-2-13-33-30(23)27)41(38,39)34-26-9-6-24(7-10-26)31(37)36-16-14-35(15-17-36)20-22-12-18-40-21-22/h1-11,13,19,22,34H,12,14-18,20-21,32H2/t22-/m0/s1. The highest BCUT2D eigenvalue weighted by molar-refractivity contribution is 7.92. The summed E-state index contributed by atoms with van der Waals surface area (Å²) >= 11 is 0. The number of hydrogen-bond donors (Lipinski definition) is 2. The summed E-state index contributed by atoms with van der Waals surface area (Å²) in [4.78, 5) is 22.0. The number of piperazine rings is 1. The molecule has 9 nitrogen and oxygen atoms in total.